The number of amides is 1. The van der Waals surface area contributed by atoms with Gasteiger partial charge in [-0.05, 0) is 30.9 Å². The average Bonchev–Trinajstić information content (AvgIpc) is 3.11. The van der Waals surface area contributed by atoms with Crippen molar-refractivity contribution in [3.8, 4) is 0 Å². The van der Waals surface area contributed by atoms with Crippen LogP contribution in [-0.4, -0.2) is 48.2 Å². The molecule has 1 aromatic carbocycles. The van der Waals surface area contributed by atoms with Crippen LogP contribution in [0.15, 0.2) is 29.4 Å². The van der Waals surface area contributed by atoms with Crippen molar-refractivity contribution >= 4 is 61.7 Å². The monoisotopic (exact) mass is 475 g/mol. The summed E-state index contributed by atoms with van der Waals surface area (Å²) >= 11 is 7.36. The number of fused-ring (bicyclic) bond motifs is 1. The van der Waals surface area contributed by atoms with Crippen molar-refractivity contribution in [1.29, 1.82) is 0 Å². The number of hydrogen-bond donors (Lipinski definition) is 3. The number of carbonyl (C=O) groups excluding carboxylic acids is 1. The van der Waals surface area contributed by atoms with Crippen LogP contribution in [0, 0.1) is 5.82 Å². The van der Waals surface area contributed by atoms with Crippen molar-refractivity contribution in [2.45, 2.75) is 11.4 Å². The molecule has 1 amide bonds. The lowest BCUT2D eigenvalue weighted by Crippen LogP contribution is -2.20. The molecule has 0 bridgehead atoms. The second kappa shape index (κ2) is 9.14. The predicted octanol–water partition coefficient (Wildman–Crippen LogP) is 3.83. The molecule has 0 aliphatic heterocycles. The number of rotatable bonds is 8. The van der Waals surface area contributed by atoms with Crippen LogP contribution in [0.1, 0.15) is 16.8 Å². The van der Waals surface area contributed by atoms with Crippen LogP contribution in [0.4, 0.5) is 20.2 Å². The summed E-state index contributed by atoms with van der Waals surface area (Å²) in [4.78, 5) is 16.8. The second-order valence-corrected chi connectivity index (χ2v) is 9.10. The van der Waals surface area contributed by atoms with Crippen molar-refractivity contribution < 1.29 is 22.0 Å². The van der Waals surface area contributed by atoms with Gasteiger partial charge < -0.3 is 5.32 Å². The second-order valence-electron chi connectivity index (χ2n) is 6.05. The smallest absolute Gasteiger partial charge is 0.260 e. The third-order valence-corrected chi connectivity index (χ3v) is 6.33. The van der Waals surface area contributed by atoms with Crippen LogP contribution < -0.4 is 10.0 Å². The first-order valence-electron chi connectivity index (χ1n) is 8.49. The summed E-state index contributed by atoms with van der Waals surface area (Å²) in [5.41, 5.74) is -0.212. The van der Waals surface area contributed by atoms with E-state index < -0.39 is 45.4 Å². The van der Waals surface area contributed by atoms with E-state index in [2.05, 4.69) is 20.5 Å². The first-order valence-corrected chi connectivity index (χ1v) is 11.7. The number of thioether (sulfide) groups is 1. The van der Waals surface area contributed by atoms with Gasteiger partial charge in [0.2, 0.25) is 10.0 Å². The third-order valence-electron chi connectivity index (χ3n) is 3.96. The molecule has 160 valence electrons. The molecule has 0 aliphatic carbocycles. The van der Waals surface area contributed by atoms with Gasteiger partial charge in [0.1, 0.15) is 5.03 Å². The van der Waals surface area contributed by atoms with Crippen LogP contribution in [0.2, 0.25) is 5.02 Å². The molecule has 3 N–H and O–H groups in total. The SMILES string of the molecule is CSc1n[nH]c2ncc(NC(=O)c3c(Cl)ccc(NS(=O)(=O)CCCF)c3F)cc12. The minimum absolute atomic E-state index is 0.209. The minimum atomic E-state index is -3.99. The number of carbonyl (C=O) groups is 1. The maximum Gasteiger partial charge on any atom is 0.260 e. The number of anilines is 2. The molecule has 13 heteroatoms. The molecule has 2 heterocycles. The summed E-state index contributed by atoms with van der Waals surface area (Å²) in [5.74, 6) is -2.56. The van der Waals surface area contributed by atoms with Gasteiger partial charge in [-0.25, -0.2) is 17.8 Å². The summed E-state index contributed by atoms with van der Waals surface area (Å²) in [6.45, 7) is -0.828. The number of alkyl halides is 1. The molecule has 0 spiro atoms. The van der Waals surface area contributed by atoms with E-state index in [1.165, 1.54) is 24.0 Å². The fourth-order valence-electron chi connectivity index (χ4n) is 2.60. The standard InChI is InChI=1S/C17H16ClF2N5O3S2/c1-29-17-10-7-9(8-21-15(10)23-24-17)22-16(26)13-11(18)3-4-12(14(13)20)25-30(27,28)6-2-5-19/h3-4,7-8,25H,2,5-6H2,1H3,(H,22,26)(H,21,23,24). The first-order chi connectivity index (χ1) is 14.3. The van der Waals surface area contributed by atoms with E-state index in [1.807, 2.05) is 11.0 Å². The summed E-state index contributed by atoms with van der Waals surface area (Å²) in [7, 11) is -3.99. The number of benzene rings is 1. The van der Waals surface area contributed by atoms with E-state index in [9.17, 15) is 22.0 Å². The summed E-state index contributed by atoms with van der Waals surface area (Å²) in [6.07, 6.45) is 2.95. The Morgan fingerprint density at radius 3 is 2.83 bits per heavy atom. The molecule has 0 saturated carbocycles. The quantitative estimate of drug-likeness (QED) is 0.426. The Balaban J connectivity index is 1.88. The van der Waals surface area contributed by atoms with Crippen LogP contribution in [0.25, 0.3) is 11.0 Å². The number of sulfonamides is 1. The highest BCUT2D eigenvalue weighted by molar-refractivity contribution is 7.98. The molecule has 0 fully saturated rings. The van der Waals surface area contributed by atoms with Gasteiger partial charge >= 0.3 is 0 Å². The van der Waals surface area contributed by atoms with Crippen molar-refractivity contribution in [2.75, 3.05) is 28.7 Å². The summed E-state index contributed by atoms with van der Waals surface area (Å²) in [5, 5.41) is 10.5. The normalized spacial score (nSPS) is 11.6. The van der Waals surface area contributed by atoms with E-state index >= 15 is 0 Å². The van der Waals surface area contributed by atoms with Gasteiger partial charge in [-0.2, -0.15) is 5.10 Å². The highest BCUT2D eigenvalue weighted by Gasteiger charge is 2.22. The highest BCUT2D eigenvalue weighted by Crippen LogP contribution is 2.29. The number of nitrogens with zero attached hydrogens (tertiary/aromatic N) is 2. The van der Waals surface area contributed by atoms with Gasteiger partial charge in [0.05, 0.1) is 46.0 Å². The Kier molecular flexibility index (Phi) is 6.78. The predicted molar refractivity (Wildman–Crippen MR) is 113 cm³/mol. The Hall–Kier alpha value is -2.44. The summed E-state index contributed by atoms with van der Waals surface area (Å²) < 4.78 is 53.0. The van der Waals surface area contributed by atoms with Gasteiger partial charge in [0.15, 0.2) is 11.5 Å². The average molecular weight is 476 g/mol. The van der Waals surface area contributed by atoms with E-state index in [0.717, 1.165) is 6.07 Å². The van der Waals surface area contributed by atoms with E-state index in [1.54, 1.807) is 6.07 Å². The van der Waals surface area contributed by atoms with Crippen molar-refractivity contribution in [1.82, 2.24) is 15.2 Å². The zero-order valence-electron chi connectivity index (χ0n) is 15.5. The number of halogens is 3. The maximum absolute atomic E-state index is 14.9. The number of hydrogen-bond acceptors (Lipinski definition) is 6. The van der Waals surface area contributed by atoms with Gasteiger partial charge in [0.25, 0.3) is 5.91 Å². The fraction of sp³-hybridized carbons (Fsp3) is 0.235. The largest absolute Gasteiger partial charge is 0.320 e. The zero-order valence-corrected chi connectivity index (χ0v) is 17.9. The Bertz CT molecular complexity index is 1200. The lowest BCUT2D eigenvalue weighted by Gasteiger charge is -2.13. The molecule has 3 rings (SSSR count). The van der Waals surface area contributed by atoms with Crippen LogP contribution >= 0.6 is 23.4 Å². The zero-order chi connectivity index (χ0) is 21.9. The molecule has 30 heavy (non-hydrogen) atoms. The van der Waals surface area contributed by atoms with Crippen LogP contribution in [0.5, 0.6) is 0 Å². The van der Waals surface area contributed by atoms with Crippen LogP contribution in [0.3, 0.4) is 0 Å². The molecule has 3 aromatic rings. The molecular weight excluding hydrogens is 460 g/mol. The maximum atomic E-state index is 14.9. The molecule has 0 saturated heterocycles. The molecule has 8 nitrogen and oxygen atoms in total. The van der Waals surface area contributed by atoms with E-state index in [0.29, 0.717) is 16.1 Å². The van der Waals surface area contributed by atoms with Crippen molar-refractivity contribution in [3.63, 3.8) is 0 Å². The minimum Gasteiger partial charge on any atom is -0.320 e. The van der Waals surface area contributed by atoms with Gasteiger partial charge in [-0.1, -0.05) is 11.6 Å². The van der Waals surface area contributed by atoms with Crippen molar-refractivity contribution in [3.05, 3.63) is 40.8 Å². The topological polar surface area (TPSA) is 117 Å². The number of aromatic nitrogens is 3. The number of aromatic amines is 1. The van der Waals surface area contributed by atoms with Crippen molar-refractivity contribution in [2.24, 2.45) is 0 Å². The molecule has 0 atom stereocenters. The molecule has 0 unspecified atom stereocenters. The third kappa shape index (κ3) is 4.82. The Morgan fingerprint density at radius 1 is 1.37 bits per heavy atom. The highest BCUT2D eigenvalue weighted by atomic mass is 35.5. The fourth-order valence-corrected chi connectivity index (χ4v) is 4.43. The Morgan fingerprint density at radius 2 is 2.13 bits per heavy atom. The molecule has 0 aliphatic rings. The van der Waals surface area contributed by atoms with Gasteiger partial charge in [-0.3, -0.25) is 19.0 Å². The molecule has 0 radical (unpaired) electrons. The summed E-state index contributed by atoms with van der Waals surface area (Å²) in [6, 6.07) is 3.89. The van der Waals surface area contributed by atoms with Gasteiger partial charge in [0, 0.05) is 0 Å². The van der Waals surface area contributed by atoms with Gasteiger partial charge in [-0.15, -0.1) is 11.8 Å². The lowest BCUT2D eigenvalue weighted by molar-refractivity contribution is 0.102. The number of nitrogens with one attached hydrogen (secondary N) is 3. The van der Waals surface area contributed by atoms with E-state index in [4.69, 9.17) is 11.6 Å². The van der Waals surface area contributed by atoms with E-state index in [-0.39, 0.29) is 17.1 Å². The molecular formula is C17H16ClF2N5O3S2. The lowest BCUT2D eigenvalue weighted by atomic mass is 10.1. The number of pyridine rings is 1. The first kappa shape index (κ1) is 22.2. The van der Waals surface area contributed by atoms with Crippen LogP contribution in [-0.2, 0) is 10.0 Å². The Labute approximate surface area is 179 Å². The molecule has 2 aromatic heterocycles. The number of H-pyrrole nitrogens is 1.